The van der Waals surface area contributed by atoms with Crippen LogP contribution < -0.4 is 4.57 Å². The average Bonchev–Trinajstić information content (AvgIpc) is 3.24. The zero-order chi connectivity index (χ0) is 21.3. The van der Waals surface area contributed by atoms with E-state index in [0.29, 0.717) is 5.92 Å². The van der Waals surface area contributed by atoms with Crippen molar-refractivity contribution in [2.45, 2.75) is 123 Å². The van der Waals surface area contributed by atoms with E-state index in [2.05, 4.69) is 66.1 Å². The Bertz CT molecular complexity index is 631. The van der Waals surface area contributed by atoms with Crippen molar-refractivity contribution >= 4 is 0 Å². The van der Waals surface area contributed by atoms with Crippen LogP contribution in [0.5, 0.6) is 0 Å². The van der Waals surface area contributed by atoms with Crippen molar-refractivity contribution in [3.8, 4) is 0 Å². The first kappa shape index (κ1) is 24.7. The summed E-state index contributed by atoms with van der Waals surface area (Å²) in [5, 5.41) is 0. The monoisotopic (exact) mass is 411 g/mol. The Morgan fingerprint density at radius 3 is 2.07 bits per heavy atom. The van der Waals surface area contributed by atoms with E-state index >= 15 is 0 Å². The molecule has 0 radical (unpaired) electrons. The fourth-order valence-electron chi connectivity index (χ4n) is 4.59. The lowest BCUT2D eigenvalue weighted by molar-refractivity contribution is -0.704. The Balaban J connectivity index is 1.74. The fraction of sp³-hybridized carbons (Fsp3) is 0.679. The van der Waals surface area contributed by atoms with E-state index in [-0.39, 0.29) is 0 Å². The highest BCUT2D eigenvalue weighted by molar-refractivity contribution is 5.14. The van der Waals surface area contributed by atoms with Crippen LogP contribution in [0.25, 0.3) is 0 Å². The Kier molecular flexibility index (Phi) is 13.3. The van der Waals surface area contributed by atoms with Gasteiger partial charge in [-0.15, -0.1) is 0 Å². The second kappa shape index (κ2) is 16.2. The molecule has 2 rings (SSSR count). The number of imidazole rings is 1. The molecule has 2 aromatic rings. The predicted molar refractivity (Wildman–Crippen MR) is 130 cm³/mol. The number of aryl methyl sites for hydroxylation is 2. The number of aromatic amines is 1. The third kappa shape index (κ3) is 9.96. The summed E-state index contributed by atoms with van der Waals surface area (Å²) in [6.45, 7) is 5.73. The topological polar surface area (TPSA) is 19.7 Å². The first-order valence-electron chi connectivity index (χ1n) is 13.0. The summed E-state index contributed by atoms with van der Waals surface area (Å²) in [4.78, 5) is 3.61. The van der Waals surface area contributed by atoms with Crippen molar-refractivity contribution in [1.82, 2.24) is 4.98 Å². The SMILES string of the molecule is CCCCCCCCCCC[C@H](CCCC)c1[nH]cc[n+]1CCCc1ccccc1. The van der Waals surface area contributed by atoms with Crippen molar-refractivity contribution < 1.29 is 4.57 Å². The van der Waals surface area contributed by atoms with Gasteiger partial charge in [-0.1, -0.05) is 115 Å². The molecule has 0 saturated carbocycles. The molecule has 1 atom stereocenters. The number of aromatic nitrogens is 2. The van der Waals surface area contributed by atoms with E-state index in [0.717, 1.165) is 13.0 Å². The van der Waals surface area contributed by atoms with E-state index < -0.39 is 0 Å². The summed E-state index contributed by atoms with van der Waals surface area (Å²) in [6, 6.07) is 10.9. The molecule has 0 aliphatic heterocycles. The summed E-state index contributed by atoms with van der Waals surface area (Å²) >= 11 is 0. The first-order chi connectivity index (χ1) is 14.8. The minimum absolute atomic E-state index is 0.696. The zero-order valence-corrected chi connectivity index (χ0v) is 19.9. The lowest BCUT2D eigenvalue weighted by Crippen LogP contribution is -2.37. The molecule has 1 aromatic heterocycles. The van der Waals surface area contributed by atoms with Gasteiger partial charge in [0.1, 0.15) is 12.4 Å². The Hall–Kier alpha value is -1.57. The zero-order valence-electron chi connectivity index (χ0n) is 19.9. The summed E-state index contributed by atoms with van der Waals surface area (Å²) in [5.41, 5.74) is 1.45. The maximum absolute atomic E-state index is 3.61. The van der Waals surface area contributed by atoms with Crippen molar-refractivity contribution in [2.75, 3.05) is 0 Å². The van der Waals surface area contributed by atoms with Crippen molar-refractivity contribution in [3.63, 3.8) is 0 Å². The van der Waals surface area contributed by atoms with Crippen LogP contribution in [0.3, 0.4) is 0 Å². The van der Waals surface area contributed by atoms with Gasteiger partial charge < -0.3 is 0 Å². The molecule has 0 unspecified atom stereocenters. The van der Waals surface area contributed by atoms with E-state index in [9.17, 15) is 0 Å². The van der Waals surface area contributed by atoms with Gasteiger partial charge in [0.05, 0.1) is 12.5 Å². The number of hydrogen-bond acceptors (Lipinski definition) is 0. The molecule has 168 valence electrons. The van der Waals surface area contributed by atoms with Crippen LogP contribution in [-0.4, -0.2) is 4.98 Å². The predicted octanol–water partition coefficient (Wildman–Crippen LogP) is 8.13. The maximum Gasteiger partial charge on any atom is 0.257 e. The molecule has 0 saturated heterocycles. The number of H-pyrrole nitrogens is 1. The highest BCUT2D eigenvalue weighted by Gasteiger charge is 2.22. The van der Waals surface area contributed by atoms with Crippen LogP contribution in [-0.2, 0) is 13.0 Å². The summed E-state index contributed by atoms with van der Waals surface area (Å²) < 4.78 is 2.50. The maximum atomic E-state index is 3.61. The van der Waals surface area contributed by atoms with Crippen LogP contribution >= 0.6 is 0 Å². The van der Waals surface area contributed by atoms with E-state index in [1.165, 1.54) is 101 Å². The molecule has 0 spiro atoms. The van der Waals surface area contributed by atoms with Gasteiger partial charge in [-0.05, 0) is 31.2 Å². The summed E-state index contributed by atoms with van der Waals surface area (Å²) in [5.74, 6) is 2.16. The molecular weight excluding hydrogens is 364 g/mol. The molecule has 1 aromatic carbocycles. The van der Waals surface area contributed by atoms with Crippen LogP contribution in [0.15, 0.2) is 42.7 Å². The van der Waals surface area contributed by atoms with Gasteiger partial charge in [-0.3, -0.25) is 0 Å². The van der Waals surface area contributed by atoms with Crippen LogP contribution in [0, 0.1) is 0 Å². The number of nitrogens with zero attached hydrogens (tertiary/aromatic N) is 1. The fourth-order valence-corrected chi connectivity index (χ4v) is 4.59. The molecule has 0 amide bonds. The molecule has 30 heavy (non-hydrogen) atoms. The van der Waals surface area contributed by atoms with Crippen LogP contribution in [0.1, 0.15) is 121 Å². The van der Waals surface area contributed by atoms with Gasteiger partial charge in [0.2, 0.25) is 0 Å². The standard InChI is InChI=1S/C28H46N2/c1-3-5-7-8-9-10-11-12-16-22-27(21-6-4-2)28-29-23-25-30(28)24-17-20-26-18-14-13-15-19-26/h13-15,18-19,23,25,27H,3-12,16-17,20-22,24H2,1-2H3/p+1/t27-/m0/s1. The van der Waals surface area contributed by atoms with Crippen molar-refractivity contribution in [2.24, 2.45) is 0 Å². The highest BCUT2D eigenvalue weighted by atomic mass is 15.1. The first-order valence-corrected chi connectivity index (χ1v) is 13.0. The quantitative estimate of drug-likeness (QED) is 0.189. The number of hydrogen-bond donors (Lipinski definition) is 1. The normalized spacial score (nSPS) is 12.3. The van der Waals surface area contributed by atoms with Crippen LogP contribution in [0.2, 0.25) is 0 Å². The smallest absolute Gasteiger partial charge is 0.247 e. The minimum Gasteiger partial charge on any atom is -0.247 e. The van der Waals surface area contributed by atoms with E-state index in [1.807, 2.05) is 0 Å². The highest BCUT2D eigenvalue weighted by Crippen LogP contribution is 2.25. The Labute approximate surface area is 186 Å². The third-order valence-corrected chi connectivity index (χ3v) is 6.45. The molecule has 0 aliphatic carbocycles. The molecular formula is C28H47N2+. The van der Waals surface area contributed by atoms with Gasteiger partial charge in [0.25, 0.3) is 5.82 Å². The molecule has 0 bridgehead atoms. The molecule has 2 heteroatoms. The van der Waals surface area contributed by atoms with Gasteiger partial charge >= 0.3 is 0 Å². The number of unbranched alkanes of at least 4 members (excludes halogenated alkanes) is 9. The van der Waals surface area contributed by atoms with Crippen LogP contribution in [0.4, 0.5) is 0 Å². The lowest BCUT2D eigenvalue weighted by Gasteiger charge is -2.14. The van der Waals surface area contributed by atoms with E-state index in [4.69, 9.17) is 0 Å². The summed E-state index contributed by atoms with van der Waals surface area (Å²) in [6.07, 6.45) is 24.8. The minimum atomic E-state index is 0.696. The number of rotatable bonds is 18. The largest absolute Gasteiger partial charge is 0.257 e. The molecule has 0 aliphatic rings. The Morgan fingerprint density at radius 2 is 1.37 bits per heavy atom. The number of nitrogens with one attached hydrogen (secondary N) is 1. The molecule has 2 nitrogen and oxygen atoms in total. The molecule has 1 heterocycles. The summed E-state index contributed by atoms with van der Waals surface area (Å²) in [7, 11) is 0. The molecule has 0 fully saturated rings. The van der Waals surface area contributed by atoms with Gasteiger partial charge in [0.15, 0.2) is 0 Å². The van der Waals surface area contributed by atoms with Gasteiger partial charge in [-0.2, -0.15) is 0 Å². The molecule has 1 N–H and O–H groups in total. The van der Waals surface area contributed by atoms with Crippen molar-refractivity contribution in [3.05, 3.63) is 54.1 Å². The third-order valence-electron chi connectivity index (χ3n) is 6.45. The van der Waals surface area contributed by atoms with E-state index in [1.54, 1.807) is 0 Å². The Morgan fingerprint density at radius 1 is 0.733 bits per heavy atom. The second-order valence-corrected chi connectivity index (χ2v) is 9.08. The average molecular weight is 412 g/mol. The van der Waals surface area contributed by atoms with Gasteiger partial charge in [0, 0.05) is 0 Å². The van der Waals surface area contributed by atoms with Gasteiger partial charge in [-0.25, -0.2) is 9.55 Å². The number of benzene rings is 1. The lowest BCUT2D eigenvalue weighted by atomic mass is 9.94. The second-order valence-electron chi connectivity index (χ2n) is 9.08. The van der Waals surface area contributed by atoms with Crippen molar-refractivity contribution in [1.29, 1.82) is 0 Å².